The molecule has 0 amide bonds. The number of carbonyl (C=O) groups excluding carboxylic acids is 1. The third-order valence-electron chi connectivity index (χ3n) is 5.45. The van der Waals surface area contributed by atoms with Crippen LogP contribution in [0.2, 0.25) is 0 Å². The zero-order valence-electron chi connectivity index (χ0n) is 13.0. The zero-order chi connectivity index (χ0) is 17.1. The van der Waals surface area contributed by atoms with E-state index in [-0.39, 0.29) is 23.4 Å². The Hall–Kier alpha value is -2.42. The van der Waals surface area contributed by atoms with Crippen LogP contribution in [0.3, 0.4) is 0 Å². The number of benzene rings is 1. The third kappa shape index (κ3) is 1.41. The van der Waals surface area contributed by atoms with Gasteiger partial charge in [0.15, 0.2) is 29.4 Å². The highest BCUT2D eigenvalue weighted by atomic mass is 16.9. The average molecular weight is 344 g/mol. The molecule has 2 saturated heterocycles. The number of aryl methyl sites for hydroxylation is 1. The molecule has 4 atom stereocenters. The molecule has 6 rings (SSSR count). The molecular formula is C17H12O8. The van der Waals surface area contributed by atoms with E-state index in [9.17, 15) is 14.7 Å². The second kappa shape index (κ2) is 4.04. The molecule has 1 N–H and O–H groups in total. The molecule has 1 aromatic heterocycles. The van der Waals surface area contributed by atoms with Gasteiger partial charge >= 0.3 is 5.63 Å². The van der Waals surface area contributed by atoms with Crippen LogP contribution < -0.4 is 15.1 Å². The van der Waals surface area contributed by atoms with Crippen molar-refractivity contribution in [1.29, 1.82) is 0 Å². The second-order valence-corrected chi connectivity index (χ2v) is 6.66. The third-order valence-corrected chi connectivity index (χ3v) is 5.45. The van der Waals surface area contributed by atoms with E-state index in [4.69, 9.17) is 23.4 Å². The number of ether oxygens (including phenoxy) is 4. The summed E-state index contributed by atoms with van der Waals surface area (Å²) in [5, 5.41) is 11.7. The Bertz CT molecular complexity index is 1050. The molecule has 4 heterocycles. The van der Waals surface area contributed by atoms with E-state index in [0.717, 1.165) is 0 Å². The molecule has 8 heteroatoms. The van der Waals surface area contributed by atoms with Gasteiger partial charge in [0.2, 0.25) is 6.29 Å². The Morgan fingerprint density at radius 3 is 2.92 bits per heavy atom. The molecular weight excluding hydrogens is 332 g/mol. The summed E-state index contributed by atoms with van der Waals surface area (Å²) in [5.41, 5.74) is -1.13. The van der Waals surface area contributed by atoms with Gasteiger partial charge < -0.3 is 28.5 Å². The number of hydrogen-bond donors (Lipinski definition) is 1. The summed E-state index contributed by atoms with van der Waals surface area (Å²) < 4.78 is 27.4. The molecule has 3 aliphatic heterocycles. The lowest BCUT2D eigenvalue weighted by atomic mass is 9.89. The first-order valence-corrected chi connectivity index (χ1v) is 7.98. The first-order valence-electron chi connectivity index (χ1n) is 7.98. The Morgan fingerprint density at radius 1 is 1.28 bits per heavy atom. The van der Waals surface area contributed by atoms with Crippen molar-refractivity contribution in [2.75, 3.05) is 7.11 Å². The lowest BCUT2D eigenvalue weighted by molar-refractivity contribution is -0.192. The van der Waals surface area contributed by atoms with Crippen LogP contribution in [0.4, 0.5) is 0 Å². The summed E-state index contributed by atoms with van der Waals surface area (Å²) >= 11 is 0. The van der Waals surface area contributed by atoms with E-state index in [1.165, 1.54) is 7.11 Å². The van der Waals surface area contributed by atoms with Crippen molar-refractivity contribution in [2.24, 2.45) is 0 Å². The Labute approximate surface area is 139 Å². The Morgan fingerprint density at radius 2 is 2.12 bits per heavy atom. The van der Waals surface area contributed by atoms with Gasteiger partial charge in [-0.3, -0.25) is 4.79 Å². The standard InChI is InChI=1S/C17H12O8/c1-21-7-4-8-11(17(20)13-15(24-13)25-16(17)22-8)12-10(7)5-2-3-6(18)9(5)14(19)23-12/h4,13,15-16,20H,2-3H2,1H3/t13-,15-,16-,17-/m0/s1. The molecule has 0 bridgehead atoms. The van der Waals surface area contributed by atoms with Crippen LogP contribution in [0, 0.1) is 0 Å². The lowest BCUT2D eigenvalue weighted by Gasteiger charge is -2.21. The largest absolute Gasteiger partial charge is 0.496 e. The SMILES string of the molecule is COc1cc2c(c3oc(=O)c4c(c13)CCC4=O)[C@@]1(O)[C@@H](O2)O[C@@H]2O[C@@H]21. The predicted octanol–water partition coefficient (Wildman–Crippen LogP) is 0.592. The van der Waals surface area contributed by atoms with E-state index in [1.807, 2.05) is 0 Å². The minimum Gasteiger partial charge on any atom is -0.496 e. The number of epoxide rings is 1. The van der Waals surface area contributed by atoms with Crippen molar-refractivity contribution in [3.63, 3.8) is 0 Å². The molecule has 0 unspecified atom stereocenters. The Balaban J connectivity index is 1.77. The molecule has 0 radical (unpaired) electrons. The van der Waals surface area contributed by atoms with Crippen molar-refractivity contribution in [2.45, 2.75) is 37.1 Å². The normalized spacial score (nSPS) is 33.7. The van der Waals surface area contributed by atoms with Gasteiger partial charge in [0.25, 0.3) is 0 Å². The summed E-state index contributed by atoms with van der Waals surface area (Å²) in [6, 6.07) is 1.62. The maximum absolute atomic E-state index is 12.4. The van der Waals surface area contributed by atoms with Crippen molar-refractivity contribution >= 4 is 16.8 Å². The fraction of sp³-hybridized carbons (Fsp3) is 0.412. The summed E-state index contributed by atoms with van der Waals surface area (Å²) in [6.45, 7) is 0. The molecule has 1 aromatic carbocycles. The fourth-order valence-electron chi connectivity index (χ4n) is 4.29. The van der Waals surface area contributed by atoms with Gasteiger partial charge in [-0.1, -0.05) is 0 Å². The van der Waals surface area contributed by atoms with Gasteiger partial charge in [-0.25, -0.2) is 4.79 Å². The Kier molecular flexibility index (Phi) is 2.23. The highest BCUT2D eigenvalue weighted by Gasteiger charge is 2.73. The predicted molar refractivity (Wildman–Crippen MR) is 79.7 cm³/mol. The van der Waals surface area contributed by atoms with E-state index >= 15 is 0 Å². The van der Waals surface area contributed by atoms with Crippen LogP contribution in [0.25, 0.3) is 11.0 Å². The number of aliphatic hydroxyl groups is 1. The lowest BCUT2D eigenvalue weighted by Crippen LogP contribution is -2.39. The number of rotatable bonds is 1. The van der Waals surface area contributed by atoms with Crippen molar-refractivity contribution in [1.82, 2.24) is 0 Å². The number of hydrogen-bond acceptors (Lipinski definition) is 8. The van der Waals surface area contributed by atoms with E-state index in [2.05, 4.69) is 0 Å². The van der Waals surface area contributed by atoms with Crippen LogP contribution in [0.15, 0.2) is 15.3 Å². The maximum Gasteiger partial charge on any atom is 0.347 e. The van der Waals surface area contributed by atoms with Crippen LogP contribution >= 0.6 is 0 Å². The number of fused-ring (bicyclic) bond motifs is 9. The van der Waals surface area contributed by atoms with Gasteiger partial charge in [0.1, 0.15) is 17.1 Å². The van der Waals surface area contributed by atoms with E-state index in [0.29, 0.717) is 34.4 Å². The monoisotopic (exact) mass is 344 g/mol. The van der Waals surface area contributed by atoms with Crippen LogP contribution in [0.5, 0.6) is 11.5 Å². The number of methoxy groups -OCH3 is 1. The fourth-order valence-corrected chi connectivity index (χ4v) is 4.29. The van der Waals surface area contributed by atoms with Crippen molar-refractivity contribution < 1.29 is 33.3 Å². The van der Waals surface area contributed by atoms with Gasteiger partial charge in [-0.2, -0.15) is 0 Å². The average Bonchev–Trinajstić information content (AvgIpc) is 3.05. The van der Waals surface area contributed by atoms with Crippen molar-refractivity contribution in [3.8, 4) is 11.5 Å². The van der Waals surface area contributed by atoms with E-state index in [1.54, 1.807) is 6.07 Å². The summed E-state index contributed by atoms with van der Waals surface area (Å²) in [7, 11) is 1.48. The first kappa shape index (κ1) is 13.8. The number of carbonyl (C=O) groups is 1. The van der Waals surface area contributed by atoms with E-state index < -0.39 is 29.9 Å². The zero-order valence-corrected chi connectivity index (χ0v) is 13.0. The van der Waals surface area contributed by atoms with Crippen LogP contribution in [-0.4, -0.2) is 36.7 Å². The minimum absolute atomic E-state index is 0.0661. The molecule has 4 aliphatic rings. The number of Topliss-reactive ketones (excluding diaryl/α,β-unsaturated/α-hetero) is 1. The van der Waals surface area contributed by atoms with Crippen molar-refractivity contribution in [3.05, 3.63) is 33.2 Å². The molecule has 128 valence electrons. The smallest absolute Gasteiger partial charge is 0.347 e. The second-order valence-electron chi connectivity index (χ2n) is 6.66. The highest BCUT2D eigenvalue weighted by molar-refractivity contribution is 6.06. The van der Waals surface area contributed by atoms with Gasteiger partial charge in [0, 0.05) is 12.5 Å². The summed E-state index contributed by atoms with van der Waals surface area (Å²) in [4.78, 5) is 24.5. The van der Waals surface area contributed by atoms with Gasteiger partial charge in [-0.05, 0) is 12.0 Å². The number of ketones is 1. The molecule has 8 nitrogen and oxygen atoms in total. The molecule has 0 saturated carbocycles. The minimum atomic E-state index is -1.56. The molecule has 25 heavy (non-hydrogen) atoms. The summed E-state index contributed by atoms with van der Waals surface area (Å²) in [5.74, 6) is 0.495. The van der Waals surface area contributed by atoms with Gasteiger partial charge in [-0.15, -0.1) is 0 Å². The molecule has 1 aliphatic carbocycles. The molecule has 2 fully saturated rings. The molecule has 2 aromatic rings. The molecule has 0 spiro atoms. The summed E-state index contributed by atoms with van der Waals surface area (Å²) in [6.07, 6.45) is -1.35. The topological polar surface area (TPSA) is 108 Å². The highest BCUT2D eigenvalue weighted by Crippen LogP contribution is 2.59. The van der Waals surface area contributed by atoms with Crippen LogP contribution in [0.1, 0.15) is 27.9 Å². The maximum atomic E-state index is 12.4. The van der Waals surface area contributed by atoms with Gasteiger partial charge in [0.05, 0.1) is 18.1 Å². The first-order chi connectivity index (χ1) is 12.0. The van der Waals surface area contributed by atoms with Crippen LogP contribution in [-0.2, 0) is 21.5 Å². The quantitative estimate of drug-likeness (QED) is 0.592.